The predicted octanol–water partition coefficient (Wildman–Crippen LogP) is 4.01. The fourth-order valence-corrected chi connectivity index (χ4v) is 2.28. The Bertz CT molecular complexity index is 623. The lowest BCUT2D eigenvalue weighted by molar-refractivity contribution is 0.0956. The number of benzene rings is 2. The molecule has 2 N–H and O–H groups in total. The largest absolute Gasteiger partial charge is 0.381 e. The highest BCUT2D eigenvalue weighted by molar-refractivity contribution is 6.30. The second kappa shape index (κ2) is 7.14. The maximum absolute atomic E-state index is 11.7. The Morgan fingerprint density at radius 2 is 1.86 bits per heavy atom. The summed E-state index contributed by atoms with van der Waals surface area (Å²) in [5.41, 5.74) is 4.02. The number of carbonyl (C=O) groups is 1. The van der Waals surface area contributed by atoms with E-state index in [1.807, 2.05) is 56.3 Å². The quantitative estimate of drug-likeness (QED) is 0.876. The first-order valence-electron chi connectivity index (χ1n) is 6.97. The van der Waals surface area contributed by atoms with E-state index in [2.05, 4.69) is 10.6 Å². The van der Waals surface area contributed by atoms with Gasteiger partial charge in [-0.05, 0) is 61.4 Å². The summed E-state index contributed by atoms with van der Waals surface area (Å²) in [7, 11) is 0. The Labute approximate surface area is 130 Å². The van der Waals surface area contributed by atoms with Crippen molar-refractivity contribution in [1.82, 2.24) is 5.32 Å². The molecule has 21 heavy (non-hydrogen) atoms. The van der Waals surface area contributed by atoms with Gasteiger partial charge >= 0.3 is 0 Å². The van der Waals surface area contributed by atoms with Gasteiger partial charge in [0.25, 0.3) is 5.91 Å². The topological polar surface area (TPSA) is 41.1 Å². The first-order valence-corrected chi connectivity index (χ1v) is 7.35. The lowest BCUT2D eigenvalue weighted by Gasteiger charge is -2.10. The van der Waals surface area contributed by atoms with Crippen molar-refractivity contribution in [3.8, 4) is 0 Å². The van der Waals surface area contributed by atoms with E-state index in [1.165, 1.54) is 5.56 Å². The molecule has 2 aromatic rings. The molecular weight excluding hydrogens is 284 g/mol. The van der Waals surface area contributed by atoms with Crippen LogP contribution >= 0.6 is 11.6 Å². The third-order valence-corrected chi connectivity index (χ3v) is 3.51. The summed E-state index contributed by atoms with van der Waals surface area (Å²) in [5.74, 6) is -0.0439. The Hall–Kier alpha value is -2.00. The number of rotatable bonds is 5. The van der Waals surface area contributed by atoms with Crippen molar-refractivity contribution in [2.75, 3.05) is 11.9 Å². The number of amides is 1. The molecular formula is C17H19ClN2O. The number of halogens is 1. The van der Waals surface area contributed by atoms with Crippen LogP contribution < -0.4 is 10.6 Å². The van der Waals surface area contributed by atoms with E-state index in [-0.39, 0.29) is 5.91 Å². The van der Waals surface area contributed by atoms with Crippen molar-refractivity contribution in [2.24, 2.45) is 0 Å². The van der Waals surface area contributed by atoms with Gasteiger partial charge in [0.1, 0.15) is 0 Å². The highest BCUT2D eigenvalue weighted by atomic mass is 35.5. The molecule has 1 amide bonds. The SMILES string of the molecule is CCNC(=O)c1ccc(NCc2ccc(Cl)cc2C)cc1. The van der Waals surface area contributed by atoms with Crippen molar-refractivity contribution in [1.29, 1.82) is 0 Å². The fraction of sp³-hybridized carbons (Fsp3) is 0.235. The number of anilines is 1. The fourth-order valence-electron chi connectivity index (χ4n) is 2.06. The van der Waals surface area contributed by atoms with E-state index in [9.17, 15) is 4.79 Å². The second-order valence-corrected chi connectivity index (χ2v) is 5.30. The molecule has 0 heterocycles. The zero-order valence-corrected chi connectivity index (χ0v) is 13.0. The standard InChI is InChI=1S/C17H19ClN2O/c1-3-19-17(21)13-5-8-16(9-6-13)20-11-14-4-7-15(18)10-12(14)2/h4-10,20H,3,11H2,1-2H3,(H,19,21). The first-order chi connectivity index (χ1) is 10.1. The van der Waals surface area contributed by atoms with E-state index < -0.39 is 0 Å². The maximum atomic E-state index is 11.7. The molecule has 0 fully saturated rings. The Balaban J connectivity index is 1.99. The number of hydrogen-bond acceptors (Lipinski definition) is 2. The smallest absolute Gasteiger partial charge is 0.251 e. The summed E-state index contributed by atoms with van der Waals surface area (Å²) in [4.78, 5) is 11.7. The van der Waals surface area contributed by atoms with Gasteiger partial charge < -0.3 is 10.6 Å². The van der Waals surface area contributed by atoms with Gasteiger partial charge in [0.15, 0.2) is 0 Å². The molecule has 110 valence electrons. The Morgan fingerprint density at radius 3 is 2.48 bits per heavy atom. The molecule has 0 aliphatic heterocycles. The molecule has 0 aliphatic rings. The summed E-state index contributed by atoms with van der Waals surface area (Å²) in [6, 6.07) is 13.3. The van der Waals surface area contributed by atoms with Gasteiger partial charge in [0, 0.05) is 29.4 Å². The monoisotopic (exact) mass is 302 g/mol. The third-order valence-electron chi connectivity index (χ3n) is 3.27. The van der Waals surface area contributed by atoms with Crippen LogP contribution in [0, 0.1) is 6.92 Å². The van der Waals surface area contributed by atoms with Gasteiger partial charge in [0.2, 0.25) is 0 Å². The summed E-state index contributed by atoms with van der Waals surface area (Å²) in [6.07, 6.45) is 0. The van der Waals surface area contributed by atoms with Crippen molar-refractivity contribution in [3.63, 3.8) is 0 Å². The maximum Gasteiger partial charge on any atom is 0.251 e. The van der Waals surface area contributed by atoms with E-state index in [1.54, 1.807) is 0 Å². The molecule has 0 aliphatic carbocycles. The van der Waals surface area contributed by atoms with Gasteiger partial charge in [-0.1, -0.05) is 17.7 Å². The Morgan fingerprint density at radius 1 is 1.14 bits per heavy atom. The zero-order chi connectivity index (χ0) is 15.2. The lowest BCUT2D eigenvalue weighted by Crippen LogP contribution is -2.22. The molecule has 3 nitrogen and oxygen atoms in total. The van der Waals surface area contributed by atoms with Crippen LogP contribution in [-0.2, 0) is 6.54 Å². The van der Waals surface area contributed by atoms with Crippen LogP contribution in [0.3, 0.4) is 0 Å². The molecule has 2 aromatic carbocycles. The van der Waals surface area contributed by atoms with E-state index >= 15 is 0 Å². The normalized spacial score (nSPS) is 10.2. The molecule has 0 saturated heterocycles. The first kappa shape index (κ1) is 15.4. The number of carbonyl (C=O) groups excluding carboxylic acids is 1. The van der Waals surface area contributed by atoms with Crippen LogP contribution in [0.2, 0.25) is 5.02 Å². The number of nitrogens with one attached hydrogen (secondary N) is 2. The van der Waals surface area contributed by atoms with Crippen molar-refractivity contribution in [2.45, 2.75) is 20.4 Å². The molecule has 0 bridgehead atoms. The van der Waals surface area contributed by atoms with Crippen molar-refractivity contribution < 1.29 is 4.79 Å². The van der Waals surface area contributed by atoms with Crippen LogP contribution in [-0.4, -0.2) is 12.5 Å². The van der Waals surface area contributed by atoms with Crippen LogP contribution in [0.1, 0.15) is 28.4 Å². The van der Waals surface area contributed by atoms with Crippen molar-refractivity contribution in [3.05, 3.63) is 64.2 Å². The average molecular weight is 303 g/mol. The molecule has 0 saturated carbocycles. The van der Waals surface area contributed by atoms with E-state index in [4.69, 9.17) is 11.6 Å². The molecule has 0 spiro atoms. The van der Waals surface area contributed by atoms with Crippen LogP contribution in [0.15, 0.2) is 42.5 Å². The minimum Gasteiger partial charge on any atom is -0.381 e. The highest BCUT2D eigenvalue weighted by Crippen LogP contribution is 2.17. The summed E-state index contributed by atoms with van der Waals surface area (Å²) in [6.45, 7) is 5.31. The van der Waals surface area contributed by atoms with E-state index in [0.717, 1.165) is 22.8 Å². The van der Waals surface area contributed by atoms with Crippen LogP contribution in [0.4, 0.5) is 5.69 Å². The van der Waals surface area contributed by atoms with Crippen LogP contribution in [0.5, 0.6) is 0 Å². The van der Waals surface area contributed by atoms with Gasteiger partial charge in [-0.3, -0.25) is 4.79 Å². The summed E-state index contributed by atoms with van der Waals surface area (Å²) < 4.78 is 0. The molecule has 0 unspecified atom stereocenters. The second-order valence-electron chi connectivity index (χ2n) is 4.86. The van der Waals surface area contributed by atoms with Crippen molar-refractivity contribution >= 4 is 23.2 Å². The highest BCUT2D eigenvalue weighted by Gasteiger charge is 2.04. The lowest BCUT2D eigenvalue weighted by atomic mass is 10.1. The van der Waals surface area contributed by atoms with Crippen LogP contribution in [0.25, 0.3) is 0 Å². The number of aryl methyl sites for hydroxylation is 1. The zero-order valence-electron chi connectivity index (χ0n) is 12.2. The summed E-state index contributed by atoms with van der Waals surface area (Å²) in [5, 5.41) is 6.88. The molecule has 0 radical (unpaired) electrons. The number of hydrogen-bond donors (Lipinski definition) is 2. The van der Waals surface area contributed by atoms with Gasteiger partial charge in [-0.25, -0.2) is 0 Å². The van der Waals surface area contributed by atoms with Gasteiger partial charge in [0.05, 0.1) is 0 Å². The molecule has 4 heteroatoms. The molecule has 0 atom stereocenters. The van der Waals surface area contributed by atoms with Gasteiger partial charge in [-0.15, -0.1) is 0 Å². The van der Waals surface area contributed by atoms with E-state index in [0.29, 0.717) is 12.1 Å². The minimum atomic E-state index is -0.0439. The third kappa shape index (κ3) is 4.23. The molecule has 2 rings (SSSR count). The summed E-state index contributed by atoms with van der Waals surface area (Å²) >= 11 is 5.95. The van der Waals surface area contributed by atoms with Gasteiger partial charge in [-0.2, -0.15) is 0 Å². The molecule has 0 aromatic heterocycles. The Kier molecular flexibility index (Phi) is 5.23. The predicted molar refractivity (Wildman–Crippen MR) is 88.0 cm³/mol. The minimum absolute atomic E-state index is 0.0439. The average Bonchev–Trinajstić information content (AvgIpc) is 2.47.